The van der Waals surface area contributed by atoms with Crippen molar-refractivity contribution >= 4 is 15.7 Å². The van der Waals surface area contributed by atoms with Crippen molar-refractivity contribution in [2.24, 2.45) is 5.92 Å². The van der Waals surface area contributed by atoms with Crippen LogP contribution in [0.1, 0.15) is 25.3 Å². The minimum absolute atomic E-state index is 0.0160. The Balaban J connectivity index is 1.88. The molecule has 2 fully saturated rings. The molecule has 0 aliphatic carbocycles. The lowest BCUT2D eigenvalue weighted by molar-refractivity contribution is -0.145. The molecule has 1 amide bonds. The second-order valence-electron chi connectivity index (χ2n) is 6.86. The highest BCUT2D eigenvalue weighted by Gasteiger charge is 2.47. The summed E-state index contributed by atoms with van der Waals surface area (Å²) in [5.74, 6) is -0.925. The third kappa shape index (κ3) is 3.32. The quantitative estimate of drug-likeness (QED) is 0.826. The Bertz CT molecular complexity index is 717. The zero-order valence-electron chi connectivity index (χ0n) is 13.8. The molecule has 3 atom stereocenters. The van der Waals surface area contributed by atoms with Gasteiger partial charge in [-0.05, 0) is 23.6 Å². The van der Waals surface area contributed by atoms with Gasteiger partial charge >= 0.3 is 0 Å². The summed E-state index contributed by atoms with van der Waals surface area (Å²) in [6, 6.07) is 5.53. The molecular formula is C17H22FNO4S. The van der Waals surface area contributed by atoms with E-state index in [4.69, 9.17) is 4.74 Å². The van der Waals surface area contributed by atoms with E-state index in [1.807, 2.05) is 13.8 Å². The monoisotopic (exact) mass is 355 g/mol. The Morgan fingerprint density at radius 3 is 2.54 bits per heavy atom. The van der Waals surface area contributed by atoms with Crippen molar-refractivity contribution in [3.05, 3.63) is 35.6 Å². The first-order valence-electron chi connectivity index (χ1n) is 8.16. The molecule has 0 saturated carbocycles. The van der Waals surface area contributed by atoms with Gasteiger partial charge in [0.25, 0.3) is 0 Å². The van der Waals surface area contributed by atoms with E-state index >= 15 is 0 Å². The van der Waals surface area contributed by atoms with Crippen LogP contribution >= 0.6 is 0 Å². The molecule has 1 aromatic rings. The first-order valence-corrected chi connectivity index (χ1v) is 9.98. The summed E-state index contributed by atoms with van der Waals surface area (Å²) in [6.07, 6.45) is -0.436. The summed E-state index contributed by atoms with van der Waals surface area (Å²) < 4.78 is 42.6. The van der Waals surface area contributed by atoms with Gasteiger partial charge in [-0.3, -0.25) is 4.79 Å². The number of benzene rings is 1. The molecule has 2 aliphatic heterocycles. The highest BCUT2D eigenvalue weighted by molar-refractivity contribution is 7.91. The molecule has 0 spiro atoms. The molecule has 0 aromatic heterocycles. The third-order valence-corrected chi connectivity index (χ3v) is 6.47. The summed E-state index contributed by atoms with van der Waals surface area (Å²) in [4.78, 5) is 14.8. The van der Waals surface area contributed by atoms with Crippen LogP contribution in [0.4, 0.5) is 4.39 Å². The predicted octanol–water partition coefficient (Wildman–Crippen LogP) is 1.59. The lowest BCUT2D eigenvalue weighted by atomic mass is 9.86. The van der Waals surface area contributed by atoms with Crippen molar-refractivity contribution in [2.45, 2.75) is 31.9 Å². The van der Waals surface area contributed by atoms with Gasteiger partial charge in [-0.1, -0.05) is 26.0 Å². The van der Waals surface area contributed by atoms with Gasteiger partial charge in [0.15, 0.2) is 9.84 Å². The van der Waals surface area contributed by atoms with Crippen LogP contribution in [0, 0.1) is 11.7 Å². The molecule has 0 N–H and O–H groups in total. The third-order valence-electron chi connectivity index (χ3n) is 4.78. The number of amides is 1. The number of halogens is 1. The fourth-order valence-corrected chi connectivity index (χ4v) is 5.52. The summed E-state index contributed by atoms with van der Waals surface area (Å²) in [6.45, 7) is 4.61. The summed E-state index contributed by atoms with van der Waals surface area (Å²) >= 11 is 0. The number of morpholine rings is 1. The topological polar surface area (TPSA) is 63.7 Å². The normalized spacial score (nSPS) is 27.1. The maximum absolute atomic E-state index is 13.2. The highest BCUT2D eigenvalue weighted by atomic mass is 32.2. The van der Waals surface area contributed by atoms with Crippen LogP contribution in [0.2, 0.25) is 0 Å². The number of rotatable bonds is 3. The number of sulfone groups is 1. The Labute approximate surface area is 141 Å². The SMILES string of the molecule is CC(C)C(C(=O)N1CCOC2CS(=O)(=O)CC21)c1ccc(F)cc1. The van der Waals surface area contributed by atoms with Crippen molar-refractivity contribution in [2.75, 3.05) is 24.7 Å². The van der Waals surface area contributed by atoms with Crippen molar-refractivity contribution in [1.29, 1.82) is 0 Å². The molecular weight excluding hydrogens is 333 g/mol. The zero-order chi connectivity index (χ0) is 17.5. The van der Waals surface area contributed by atoms with Gasteiger partial charge in [0.1, 0.15) is 5.82 Å². The average Bonchev–Trinajstić information content (AvgIpc) is 2.82. The van der Waals surface area contributed by atoms with Crippen LogP contribution in [0.3, 0.4) is 0 Å². The van der Waals surface area contributed by atoms with Gasteiger partial charge < -0.3 is 9.64 Å². The van der Waals surface area contributed by atoms with E-state index in [2.05, 4.69) is 0 Å². The molecule has 1 aromatic carbocycles. The van der Waals surface area contributed by atoms with Gasteiger partial charge in [-0.2, -0.15) is 0 Å². The van der Waals surface area contributed by atoms with E-state index in [1.165, 1.54) is 12.1 Å². The fraction of sp³-hybridized carbons (Fsp3) is 0.588. The molecule has 0 radical (unpaired) electrons. The first kappa shape index (κ1) is 17.4. The van der Waals surface area contributed by atoms with E-state index in [0.29, 0.717) is 13.2 Å². The molecule has 132 valence electrons. The molecule has 0 bridgehead atoms. The van der Waals surface area contributed by atoms with Crippen LogP contribution < -0.4 is 0 Å². The van der Waals surface area contributed by atoms with Crippen molar-refractivity contribution in [3.8, 4) is 0 Å². The summed E-state index contributed by atoms with van der Waals surface area (Å²) in [7, 11) is -3.18. The molecule has 3 rings (SSSR count). The van der Waals surface area contributed by atoms with Gasteiger partial charge in [-0.15, -0.1) is 0 Å². The van der Waals surface area contributed by atoms with Crippen molar-refractivity contribution in [1.82, 2.24) is 4.90 Å². The summed E-state index contributed by atoms with van der Waals surface area (Å²) in [5.41, 5.74) is 0.750. The maximum Gasteiger partial charge on any atom is 0.230 e. The van der Waals surface area contributed by atoms with Crippen LogP contribution in [-0.2, 0) is 19.4 Å². The predicted molar refractivity (Wildman–Crippen MR) is 87.9 cm³/mol. The van der Waals surface area contributed by atoms with Crippen LogP contribution in [0.25, 0.3) is 0 Å². The van der Waals surface area contributed by atoms with Gasteiger partial charge in [0.2, 0.25) is 5.91 Å². The lowest BCUT2D eigenvalue weighted by Crippen LogP contribution is -2.54. The van der Waals surface area contributed by atoms with Crippen molar-refractivity contribution < 1.29 is 22.3 Å². The molecule has 2 saturated heterocycles. The fourth-order valence-electron chi connectivity index (χ4n) is 3.65. The first-order chi connectivity index (χ1) is 11.3. The number of nitrogens with zero attached hydrogens (tertiary/aromatic N) is 1. The second kappa shape index (κ2) is 6.44. The molecule has 7 heteroatoms. The van der Waals surface area contributed by atoms with E-state index < -0.39 is 27.9 Å². The standard InChI is InChI=1S/C17H22FNO4S/c1-11(2)16(12-3-5-13(18)6-4-12)17(20)19-7-8-23-15-10-24(21,22)9-14(15)19/h3-6,11,14-16H,7-10H2,1-2H3. The van der Waals surface area contributed by atoms with E-state index in [9.17, 15) is 17.6 Å². The number of carbonyl (C=O) groups is 1. The minimum atomic E-state index is -3.18. The number of ether oxygens (including phenoxy) is 1. The molecule has 2 aliphatic rings. The number of carbonyl (C=O) groups excluding carboxylic acids is 1. The number of hydrogen-bond donors (Lipinski definition) is 0. The Kier molecular flexibility index (Phi) is 4.66. The highest BCUT2D eigenvalue weighted by Crippen LogP contribution is 2.32. The Hall–Kier alpha value is -1.47. The van der Waals surface area contributed by atoms with E-state index in [0.717, 1.165) is 5.56 Å². The lowest BCUT2D eigenvalue weighted by Gasteiger charge is -2.39. The van der Waals surface area contributed by atoms with E-state index in [-0.39, 0.29) is 29.1 Å². The van der Waals surface area contributed by atoms with Crippen LogP contribution in [0.5, 0.6) is 0 Å². The molecule has 2 heterocycles. The minimum Gasteiger partial charge on any atom is -0.373 e. The maximum atomic E-state index is 13.2. The van der Waals surface area contributed by atoms with E-state index in [1.54, 1.807) is 17.0 Å². The van der Waals surface area contributed by atoms with Crippen LogP contribution in [0.15, 0.2) is 24.3 Å². The van der Waals surface area contributed by atoms with Gasteiger partial charge in [0.05, 0.1) is 36.2 Å². The second-order valence-corrected chi connectivity index (χ2v) is 9.01. The molecule has 24 heavy (non-hydrogen) atoms. The van der Waals surface area contributed by atoms with Gasteiger partial charge in [-0.25, -0.2) is 12.8 Å². The van der Waals surface area contributed by atoms with Crippen molar-refractivity contribution in [3.63, 3.8) is 0 Å². The molecule has 3 unspecified atom stereocenters. The average molecular weight is 355 g/mol. The smallest absolute Gasteiger partial charge is 0.230 e. The van der Waals surface area contributed by atoms with Crippen LogP contribution in [-0.4, -0.2) is 56.0 Å². The summed E-state index contributed by atoms with van der Waals surface area (Å²) in [5, 5.41) is 0. The molecule has 5 nitrogen and oxygen atoms in total. The largest absolute Gasteiger partial charge is 0.373 e. The number of fused-ring (bicyclic) bond motifs is 1. The Morgan fingerprint density at radius 2 is 1.92 bits per heavy atom. The Morgan fingerprint density at radius 1 is 1.25 bits per heavy atom. The zero-order valence-corrected chi connectivity index (χ0v) is 14.6. The number of hydrogen-bond acceptors (Lipinski definition) is 4. The van der Waals surface area contributed by atoms with Gasteiger partial charge in [0, 0.05) is 6.54 Å².